The molecule has 0 aliphatic carbocycles. The molecule has 0 aromatic carbocycles. The Kier molecular flexibility index (Phi) is 3.19. The molecule has 2 heterocycles. The van der Waals surface area contributed by atoms with Gasteiger partial charge in [-0.3, -0.25) is 0 Å². The van der Waals surface area contributed by atoms with Gasteiger partial charge in [-0.2, -0.15) is 0 Å². The summed E-state index contributed by atoms with van der Waals surface area (Å²) in [5.74, 6) is 0. The highest BCUT2D eigenvalue weighted by molar-refractivity contribution is 4.95. The number of hydrogen-bond donors (Lipinski definition) is 1. The minimum absolute atomic E-state index is 0.644. The molecule has 0 bridgehead atoms. The lowest BCUT2D eigenvalue weighted by Gasteiger charge is -2.17. The fraction of sp³-hybridized carbons (Fsp3) is 0.727. The van der Waals surface area contributed by atoms with Crippen molar-refractivity contribution in [2.45, 2.75) is 45.2 Å². The van der Waals surface area contributed by atoms with Crippen LogP contribution >= 0.6 is 0 Å². The standard InChI is InChI=1S/C11H19N3/c1-10-7-12-9-14(10)8-11-5-3-2-4-6-13-11/h7,9,11,13H,2-6,8H2,1H3. The van der Waals surface area contributed by atoms with Gasteiger partial charge in [0.1, 0.15) is 0 Å². The first-order chi connectivity index (χ1) is 6.86. The van der Waals surface area contributed by atoms with E-state index in [4.69, 9.17) is 0 Å². The third kappa shape index (κ3) is 2.35. The molecular weight excluding hydrogens is 174 g/mol. The molecule has 0 radical (unpaired) electrons. The van der Waals surface area contributed by atoms with Crippen LogP contribution in [0.3, 0.4) is 0 Å². The van der Waals surface area contributed by atoms with Gasteiger partial charge in [-0.15, -0.1) is 0 Å². The van der Waals surface area contributed by atoms with Crippen LogP contribution in [0.1, 0.15) is 31.4 Å². The van der Waals surface area contributed by atoms with E-state index in [0.717, 1.165) is 6.54 Å². The maximum absolute atomic E-state index is 4.15. The molecule has 1 aromatic heterocycles. The first kappa shape index (κ1) is 9.71. The molecule has 78 valence electrons. The monoisotopic (exact) mass is 193 g/mol. The summed E-state index contributed by atoms with van der Waals surface area (Å²) in [5, 5.41) is 3.60. The lowest BCUT2D eigenvalue weighted by atomic mass is 10.1. The molecule has 1 fully saturated rings. The molecule has 1 aromatic rings. The van der Waals surface area contributed by atoms with Crippen LogP contribution in [0.15, 0.2) is 12.5 Å². The van der Waals surface area contributed by atoms with Gasteiger partial charge in [0.25, 0.3) is 0 Å². The lowest BCUT2D eigenvalue weighted by molar-refractivity contribution is 0.440. The second kappa shape index (κ2) is 4.60. The molecule has 0 amide bonds. The van der Waals surface area contributed by atoms with Crippen molar-refractivity contribution in [1.82, 2.24) is 14.9 Å². The topological polar surface area (TPSA) is 29.9 Å². The maximum atomic E-state index is 4.15. The molecule has 3 nitrogen and oxygen atoms in total. The maximum Gasteiger partial charge on any atom is 0.0948 e. The van der Waals surface area contributed by atoms with Crippen LogP contribution < -0.4 is 5.32 Å². The van der Waals surface area contributed by atoms with Gasteiger partial charge >= 0.3 is 0 Å². The summed E-state index contributed by atoms with van der Waals surface area (Å²) in [4.78, 5) is 4.15. The van der Waals surface area contributed by atoms with Gasteiger partial charge in [0.05, 0.1) is 6.33 Å². The van der Waals surface area contributed by atoms with E-state index in [2.05, 4.69) is 21.8 Å². The summed E-state index contributed by atoms with van der Waals surface area (Å²) >= 11 is 0. The summed E-state index contributed by atoms with van der Waals surface area (Å²) < 4.78 is 2.24. The van der Waals surface area contributed by atoms with E-state index < -0.39 is 0 Å². The first-order valence-electron chi connectivity index (χ1n) is 5.56. The van der Waals surface area contributed by atoms with Crippen molar-refractivity contribution in [2.75, 3.05) is 6.54 Å². The highest BCUT2D eigenvalue weighted by Gasteiger charge is 2.12. The number of nitrogens with zero attached hydrogens (tertiary/aromatic N) is 2. The molecule has 14 heavy (non-hydrogen) atoms. The van der Waals surface area contributed by atoms with Crippen LogP contribution in [0.2, 0.25) is 0 Å². The summed E-state index contributed by atoms with van der Waals surface area (Å²) in [5.41, 5.74) is 1.26. The van der Waals surface area contributed by atoms with Gasteiger partial charge in [0.2, 0.25) is 0 Å². The SMILES string of the molecule is Cc1cncn1CC1CCCCCN1. The number of imidazole rings is 1. The average Bonchev–Trinajstić information content (AvgIpc) is 2.44. The molecule has 1 saturated heterocycles. The van der Waals surface area contributed by atoms with E-state index in [1.807, 2.05) is 12.5 Å². The van der Waals surface area contributed by atoms with Crippen molar-refractivity contribution in [3.05, 3.63) is 18.2 Å². The highest BCUT2D eigenvalue weighted by atomic mass is 15.1. The Morgan fingerprint density at radius 2 is 2.43 bits per heavy atom. The van der Waals surface area contributed by atoms with Gasteiger partial charge in [-0.1, -0.05) is 12.8 Å². The van der Waals surface area contributed by atoms with E-state index >= 15 is 0 Å². The molecule has 2 rings (SSSR count). The number of aryl methyl sites for hydroxylation is 1. The fourth-order valence-electron chi connectivity index (χ4n) is 2.07. The highest BCUT2D eigenvalue weighted by Crippen LogP contribution is 2.10. The normalized spacial score (nSPS) is 23.4. The predicted molar refractivity (Wildman–Crippen MR) is 57.2 cm³/mol. The third-order valence-electron chi connectivity index (χ3n) is 3.00. The molecular formula is C11H19N3. The number of rotatable bonds is 2. The Balaban J connectivity index is 1.92. The molecule has 0 saturated carbocycles. The van der Waals surface area contributed by atoms with E-state index in [1.165, 1.54) is 37.9 Å². The van der Waals surface area contributed by atoms with Crippen molar-refractivity contribution in [1.29, 1.82) is 0 Å². The van der Waals surface area contributed by atoms with Crippen molar-refractivity contribution in [3.8, 4) is 0 Å². The summed E-state index contributed by atoms with van der Waals surface area (Å²) in [6.07, 6.45) is 9.24. The Labute approximate surface area is 85.5 Å². The predicted octanol–water partition coefficient (Wildman–Crippen LogP) is 1.72. The zero-order chi connectivity index (χ0) is 9.80. The fourth-order valence-corrected chi connectivity index (χ4v) is 2.07. The molecule has 1 N–H and O–H groups in total. The van der Waals surface area contributed by atoms with E-state index in [9.17, 15) is 0 Å². The van der Waals surface area contributed by atoms with Crippen molar-refractivity contribution >= 4 is 0 Å². The zero-order valence-electron chi connectivity index (χ0n) is 8.87. The van der Waals surface area contributed by atoms with Gasteiger partial charge < -0.3 is 9.88 Å². The van der Waals surface area contributed by atoms with Crippen molar-refractivity contribution in [3.63, 3.8) is 0 Å². The molecule has 3 heteroatoms. The third-order valence-corrected chi connectivity index (χ3v) is 3.00. The molecule has 1 aliphatic rings. The van der Waals surface area contributed by atoms with Crippen LogP contribution in [-0.2, 0) is 6.54 Å². The summed E-state index contributed by atoms with van der Waals surface area (Å²) in [7, 11) is 0. The summed E-state index contributed by atoms with van der Waals surface area (Å²) in [6.45, 7) is 4.37. The zero-order valence-corrected chi connectivity index (χ0v) is 8.87. The Morgan fingerprint density at radius 3 is 3.21 bits per heavy atom. The molecule has 1 atom stereocenters. The summed E-state index contributed by atoms with van der Waals surface area (Å²) in [6, 6.07) is 0.644. The van der Waals surface area contributed by atoms with E-state index in [-0.39, 0.29) is 0 Å². The smallest absolute Gasteiger partial charge is 0.0948 e. The van der Waals surface area contributed by atoms with Gasteiger partial charge in [0.15, 0.2) is 0 Å². The van der Waals surface area contributed by atoms with Crippen molar-refractivity contribution < 1.29 is 0 Å². The Bertz CT molecular complexity index is 272. The Hall–Kier alpha value is -0.830. The average molecular weight is 193 g/mol. The quantitative estimate of drug-likeness (QED) is 0.775. The largest absolute Gasteiger partial charge is 0.333 e. The van der Waals surface area contributed by atoms with Crippen LogP contribution in [0, 0.1) is 6.92 Å². The minimum atomic E-state index is 0.644. The first-order valence-corrected chi connectivity index (χ1v) is 5.56. The lowest BCUT2D eigenvalue weighted by Crippen LogP contribution is -2.32. The van der Waals surface area contributed by atoms with E-state index in [1.54, 1.807) is 0 Å². The van der Waals surface area contributed by atoms with Gasteiger partial charge in [-0.05, 0) is 26.3 Å². The van der Waals surface area contributed by atoms with Gasteiger partial charge in [-0.25, -0.2) is 4.98 Å². The Morgan fingerprint density at radius 1 is 1.50 bits per heavy atom. The number of aromatic nitrogens is 2. The van der Waals surface area contributed by atoms with Crippen LogP contribution in [-0.4, -0.2) is 22.1 Å². The molecule has 1 aliphatic heterocycles. The number of hydrogen-bond acceptors (Lipinski definition) is 2. The van der Waals surface area contributed by atoms with Crippen LogP contribution in [0.4, 0.5) is 0 Å². The van der Waals surface area contributed by atoms with Crippen LogP contribution in [0.25, 0.3) is 0 Å². The van der Waals surface area contributed by atoms with Crippen LogP contribution in [0.5, 0.6) is 0 Å². The second-order valence-electron chi connectivity index (χ2n) is 4.19. The minimum Gasteiger partial charge on any atom is -0.333 e. The van der Waals surface area contributed by atoms with E-state index in [0.29, 0.717) is 6.04 Å². The number of nitrogens with one attached hydrogen (secondary N) is 1. The van der Waals surface area contributed by atoms with Gasteiger partial charge in [0, 0.05) is 24.5 Å². The second-order valence-corrected chi connectivity index (χ2v) is 4.19. The molecule has 1 unspecified atom stereocenters. The molecule has 0 spiro atoms. The van der Waals surface area contributed by atoms with Crippen molar-refractivity contribution in [2.24, 2.45) is 0 Å².